The zero-order valence-electron chi connectivity index (χ0n) is 44.6. The van der Waals surface area contributed by atoms with Gasteiger partial charge in [0.25, 0.3) is 0 Å². The number of carbonyl (C=O) groups is 1. The van der Waals surface area contributed by atoms with Crippen molar-refractivity contribution in [3.63, 3.8) is 0 Å². The summed E-state index contributed by atoms with van der Waals surface area (Å²) in [5.74, 6) is 0. The van der Waals surface area contributed by atoms with Crippen molar-refractivity contribution < 1.29 is 21.6 Å². The van der Waals surface area contributed by atoms with Gasteiger partial charge in [0.05, 0.1) is 38.3 Å². The smallest absolute Gasteiger partial charge is 0.319 e. The number of aryl methyl sites for hydroxylation is 2. The number of rotatable bonds is 18. The second-order valence-corrected chi connectivity index (χ2v) is 23.3. The number of para-hydroxylation sites is 1. The van der Waals surface area contributed by atoms with Crippen molar-refractivity contribution in [2.75, 3.05) is 44.6 Å². The first kappa shape index (κ1) is 53.9. The summed E-state index contributed by atoms with van der Waals surface area (Å²) in [7, 11) is -7.65. The summed E-state index contributed by atoms with van der Waals surface area (Å²) in [5, 5.41) is 6.11. The number of H-pyrrole nitrogens is 2. The highest BCUT2D eigenvalue weighted by atomic mass is 32.2. The van der Waals surface area contributed by atoms with Crippen molar-refractivity contribution in [2.24, 2.45) is 0 Å². The molecule has 3 aromatic heterocycles. The lowest BCUT2D eigenvalue weighted by atomic mass is 10.0. The fourth-order valence-electron chi connectivity index (χ4n) is 10.1. The average Bonchev–Trinajstić information content (AvgIpc) is 4.54. The topological polar surface area (TPSA) is 194 Å². The number of nitrogens with one attached hydrogen (secondary N) is 6. The summed E-state index contributed by atoms with van der Waals surface area (Å²) in [6.07, 6.45) is 8.19. The third kappa shape index (κ3) is 12.3. The highest BCUT2D eigenvalue weighted by Crippen LogP contribution is 2.40. The standard InChI is InChI=1S/C65H59N9O5S2/c1-44-22-26-49(27-23-44)80(76,77)67-39-42-74(43-40-68-81(78,79)50-28-24-45(2)25-29-50)41-38-66-65(75)73-52-21-13-12-20-51(52)64-59-36-34-57(71-59)62(47-16-8-4-9-17-47)55-32-30-53(69-55)61(46-14-6-3-7-15-46)54-31-33-56(70-54)63(48-18-10-5-11-19-48)58-35-37-60(64)72-58/h3-37,67-69,72H,38-43H2,1-2H3,(H2,66,73,75). The molecule has 0 atom stereocenters. The maximum atomic E-state index is 14.1. The minimum absolute atomic E-state index is 0.0381. The number of aromatic amines is 2. The van der Waals surface area contributed by atoms with Crippen LogP contribution in [0.4, 0.5) is 10.5 Å². The summed E-state index contributed by atoms with van der Waals surface area (Å²) >= 11 is 0. The molecule has 2 amide bonds. The minimum Gasteiger partial charge on any atom is -0.354 e. The van der Waals surface area contributed by atoms with Gasteiger partial charge in [0.15, 0.2) is 0 Å². The molecule has 6 aromatic carbocycles. The van der Waals surface area contributed by atoms with E-state index < -0.39 is 26.1 Å². The fraction of sp³-hybridized carbons (Fsp3) is 0.123. The Morgan fingerprint density at radius 1 is 0.432 bits per heavy atom. The summed E-state index contributed by atoms with van der Waals surface area (Å²) in [5.41, 5.74) is 15.9. The Kier molecular flexibility index (Phi) is 15.8. The maximum Gasteiger partial charge on any atom is 0.319 e. The van der Waals surface area contributed by atoms with E-state index in [1.165, 1.54) is 0 Å². The summed E-state index contributed by atoms with van der Waals surface area (Å²) in [6.45, 7) is 4.71. The summed E-state index contributed by atoms with van der Waals surface area (Å²) in [4.78, 5) is 34.7. The molecule has 0 radical (unpaired) electrons. The average molecular weight is 1110 g/mol. The number of aromatic nitrogens is 4. The van der Waals surface area contributed by atoms with E-state index in [9.17, 15) is 21.6 Å². The number of amides is 2. The van der Waals surface area contributed by atoms with Gasteiger partial charge in [0.1, 0.15) is 0 Å². The highest BCUT2D eigenvalue weighted by Gasteiger charge is 2.22. The van der Waals surface area contributed by atoms with Crippen LogP contribution in [-0.4, -0.2) is 87.0 Å². The number of carbonyl (C=O) groups excluding carboxylic acids is 1. The van der Waals surface area contributed by atoms with E-state index in [1.807, 2.05) is 116 Å². The van der Waals surface area contributed by atoms with Crippen LogP contribution in [-0.2, 0) is 20.0 Å². The normalized spacial score (nSPS) is 12.2. The second-order valence-electron chi connectivity index (χ2n) is 19.8. The van der Waals surface area contributed by atoms with Gasteiger partial charge in [-0.1, -0.05) is 145 Å². The third-order valence-corrected chi connectivity index (χ3v) is 17.2. The van der Waals surface area contributed by atoms with E-state index in [2.05, 4.69) is 96.8 Å². The molecule has 0 fully saturated rings. The van der Waals surface area contributed by atoms with Crippen molar-refractivity contribution in [2.45, 2.75) is 23.6 Å². The molecule has 0 spiro atoms. The quantitative estimate of drug-likeness (QED) is 0.0488. The Labute approximate surface area is 471 Å². The van der Waals surface area contributed by atoms with Crippen LogP contribution in [0.2, 0.25) is 0 Å². The van der Waals surface area contributed by atoms with E-state index >= 15 is 0 Å². The minimum atomic E-state index is -3.82. The van der Waals surface area contributed by atoms with Gasteiger partial charge in [-0.15, -0.1) is 0 Å². The number of urea groups is 1. The SMILES string of the molecule is Cc1ccc(S(=O)(=O)NCCN(CCNC(=O)Nc2ccccc2-c2c3nc(c(-c4ccccc4)c4ccc([nH]4)c(-c4ccccc4)c4nc(c(-c5ccccc5)c5ccc2[nH]5)C=C4)C=C3)CCNS(=O)(=O)c2ccc(C)cc2)cc1. The molecule has 0 saturated carbocycles. The summed E-state index contributed by atoms with van der Waals surface area (Å²) < 4.78 is 58.2. The van der Waals surface area contributed by atoms with Crippen LogP contribution in [0.5, 0.6) is 0 Å². The lowest BCUT2D eigenvalue weighted by Gasteiger charge is -2.23. The van der Waals surface area contributed by atoms with Gasteiger partial charge in [-0.3, -0.25) is 4.90 Å². The molecule has 406 valence electrons. The molecule has 16 heteroatoms. The van der Waals surface area contributed by atoms with Crippen LogP contribution < -0.4 is 20.1 Å². The van der Waals surface area contributed by atoms with Crippen LogP contribution in [0.3, 0.4) is 0 Å². The van der Waals surface area contributed by atoms with Crippen LogP contribution >= 0.6 is 0 Å². The highest BCUT2D eigenvalue weighted by molar-refractivity contribution is 7.89. The first-order chi connectivity index (χ1) is 39.4. The number of sulfonamides is 2. The van der Waals surface area contributed by atoms with Gasteiger partial charge in [-0.2, -0.15) is 0 Å². The van der Waals surface area contributed by atoms with Gasteiger partial charge in [0.2, 0.25) is 20.0 Å². The molecule has 0 saturated heterocycles. The van der Waals surface area contributed by atoms with Gasteiger partial charge < -0.3 is 20.6 Å². The van der Waals surface area contributed by atoms with Crippen LogP contribution in [0.1, 0.15) is 33.9 Å². The van der Waals surface area contributed by atoms with Gasteiger partial charge in [-0.25, -0.2) is 41.0 Å². The Morgan fingerprint density at radius 3 is 1.21 bits per heavy atom. The molecule has 81 heavy (non-hydrogen) atoms. The first-order valence-electron chi connectivity index (χ1n) is 26.7. The largest absolute Gasteiger partial charge is 0.354 e. The first-order valence-corrected chi connectivity index (χ1v) is 29.7. The number of fused-ring (bicyclic) bond motifs is 8. The van der Waals surface area contributed by atoms with Gasteiger partial charge in [0, 0.05) is 89.2 Å². The Hall–Kier alpha value is -9.03. The molecule has 0 unspecified atom stereocenters. The predicted octanol–water partition coefficient (Wildman–Crippen LogP) is 12.3. The molecular weight excluding hydrogens is 1050 g/mol. The maximum absolute atomic E-state index is 14.1. The molecule has 5 heterocycles. The Balaban J connectivity index is 0.944. The van der Waals surface area contributed by atoms with Crippen molar-refractivity contribution in [1.29, 1.82) is 0 Å². The van der Waals surface area contributed by atoms with E-state index in [0.717, 1.165) is 89.2 Å². The molecule has 2 aliphatic heterocycles. The molecule has 8 bridgehead atoms. The molecule has 11 rings (SSSR count). The fourth-order valence-corrected chi connectivity index (χ4v) is 12.2. The number of benzene rings is 6. The summed E-state index contributed by atoms with van der Waals surface area (Å²) in [6, 6.07) is 59.3. The van der Waals surface area contributed by atoms with Crippen molar-refractivity contribution >= 4 is 78.1 Å². The lowest BCUT2D eigenvalue weighted by Crippen LogP contribution is -2.43. The van der Waals surface area contributed by atoms with Crippen LogP contribution in [0.15, 0.2) is 198 Å². The van der Waals surface area contributed by atoms with E-state index in [1.54, 1.807) is 48.5 Å². The molecule has 2 aliphatic rings. The molecule has 0 aliphatic carbocycles. The predicted molar refractivity (Wildman–Crippen MR) is 327 cm³/mol. The molecule has 6 N–H and O–H groups in total. The van der Waals surface area contributed by atoms with Crippen molar-refractivity contribution in [1.82, 2.24) is 39.6 Å². The van der Waals surface area contributed by atoms with Gasteiger partial charge in [-0.05, 0) is 109 Å². The molecular formula is C65H59N9O5S2. The van der Waals surface area contributed by atoms with Crippen molar-refractivity contribution in [3.05, 3.63) is 222 Å². The van der Waals surface area contributed by atoms with Crippen LogP contribution in [0.25, 0.3) is 90.9 Å². The van der Waals surface area contributed by atoms with Crippen LogP contribution in [0, 0.1) is 13.8 Å². The molecule has 14 nitrogen and oxygen atoms in total. The Morgan fingerprint density at radius 2 is 0.790 bits per heavy atom. The number of hydrogen-bond donors (Lipinski definition) is 6. The lowest BCUT2D eigenvalue weighted by molar-refractivity contribution is 0.246. The Bertz CT molecular complexity index is 4120. The van der Waals surface area contributed by atoms with Gasteiger partial charge >= 0.3 is 6.03 Å². The number of nitrogens with zero attached hydrogens (tertiary/aromatic N) is 3. The number of anilines is 1. The zero-order chi connectivity index (χ0) is 55.9. The number of hydrogen-bond acceptors (Lipinski definition) is 8. The van der Waals surface area contributed by atoms with E-state index in [-0.39, 0.29) is 49.1 Å². The second kappa shape index (κ2) is 23.7. The molecule has 9 aromatic rings. The van der Waals surface area contributed by atoms with E-state index in [4.69, 9.17) is 9.97 Å². The van der Waals surface area contributed by atoms with Crippen molar-refractivity contribution in [3.8, 4) is 44.5 Å². The van der Waals surface area contributed by atoms with E-state index in [0.29, 0.717) is 16.9 Å². The zero-order valence-corrected chi connectivity index (χ0v) is 46.3. The third-order valence-electron chi connectivity index (χ3n) is 14.2. The monoisotopic (exact) mass is 1110 g/mol.